The van der Waals surface area contributed by atoms with Crippen molar-refractivity contribution in [1.29, 1.82) is 0 Å². The topological polar surface area (TPSA) is 72.6 Å². The van der Waals surface area contributed by atoms with Crippen molar-refractivity contribution in [1.82, 2.24) is 5.16 Å². The van der Waals surface area contributed by atoms with Crippen LogP contribution in [0.3, 0.4) is 0 Å². The Kier molecular flexibility index (Phi) is 6.76. The molecule has 3 aromatic rings. The molecule has 5 nitrogen and oxygen atoms in total. The smallest absolute Gasteiger partial charge is 0.303 e. The van der Waals surface area contributed by atoms with Gasteiger partial charge in [0.25, 0.3) is 0 Å². The van der Waals surface area contributed by atoms with Crippen LogP contribution in [0.1, 0.15) is 74.3 Å². The summed E-state index contributed by atoms with van der Waals surface area (Å²) in [6.45, 7) is 4.37. The lowest BCUT2D eigenvalue weighted by Gasteiger charge is -2.22. The quantitative estimate of drug-likeness (QED) is 0.323. The van der Waals surface area contributed by atoms with Gasteiger partial charge < -0.3 is 14.4 Å². The zero-order chi connectivity index (χ0) is 26.2. The first-order chi connectivity index (χ1) is 17.8. The van der Waals surface area contributed by atoms with E-state index in [0.717, 1.165) is 47.9 Å². The zero-order valence-corrected chi connectivity index (χ0v) is 21.5. The molecular formula is C31H32FNO4. The zero-order valence-electron chi connectivity index (χ0n) is 21.5. The fourth-order valence-electron chi connectivity index (χ4n) is 5.41. The Morgan fingerprint density at radius 3 is 2.73 bits per heavy atom. The molecule has 0 amide bonds. The highest BCUT2D eigenvalue weighted by Crippen LogP contribution is 2.49. The molecule has 1 aromatic heterocycles. The summed E-state index contributed by atoms with van der Waals surface area (Å²) in [6.07, 6.45) is 10.2. The van der Waals surface area contributed by atoms with Crippen LogP contribution < -0.4 is 4.74 Å². The van der Waals surface area contributed by atoms with Crippen molar-refractivity contribution >= 4 is 23.7 Å². The van der Waals surface area contributed by atoms with Crippen molar-refractivity contribution in [3.8, 4) is 17.0 Å². The number of ether oxygens (including phenoxy) is 1. The van der Waals surface area contributed by atoms with Gasteiger partial charge in [-0.15, -0.1) is 0 Å². The largest absolute Gasteiger partial charge is 0.497 e. The average Bonchev–Trinajstić information content (AvgIpc) is 3.54. The van der Waals surface area contributed by atoms with Gasteiger partial charge in [0, 0.05) is 5.56 Å². The highest BCUT2D eigenvalue weighted by atomic mass is 19.1. The number of hydrogen-bond donors (Lipinski definition) is 1. The van der Waals surface area contributed by atoms with E-state index in [1.54, 1.807) is 19.2 Å². The van der Waals surface area contributed by atoms with Gasteiger partial charge in [-0.05, 0) is 83.9 Å². The number of carboxylic acids is 1. The minimum Gasteiger partial charge on any atom is -0.497 e. The third-order valence-electron chi connectivity index (χ3n) is 7.61. The molecule has 0 saturated heterocycles. The highest BCUT2D eigenvalue weighted by Gasteiger charge is 2.35. The maximum Gasteiger partial charge on any atom is 0.303 e. The number of halogens is 1. The maximum absolute atomic E-state index is 15.0. The van der Waals surface area contributed by atoms with Gasteiger partial charge in [-0.1, -0.05) is 55.4 Å². The molecule has 0 bridgehead atoms. The summed E-state index contributed by atoms with van der Waals surface area (Å²) in [4.78, 5) is 11.4. The van der Waals surface area contributed by atoms with E-state index in [0.29, 0.717) is 28.7 Å². The normalized spacial score (nSPS) is 17.7. The Hall–Kier alpha value is -3.67. The number of nitrogens with zero attached hydrogens (tertiary/aromatic N) is 1. The molecule has 1 unspecified atom stereocenters. The SMILES string of the molecule is COc1ccc(F)c(-c2noc(/C=C/c3cccc(C(CC(=O)O)C4CC4)c3)c2C2=CCCC2(C)C)c1. The second kappa shape index (κ2) is 10.0. The fourth-order valence-corrected chi connectivity index (χ4v) is 5.41. The summed E-state index contributed by atoms with van der Waals surface area (Å²) in [5.41, 5.74) is 4.57. The summed E-state index contributed by atoms with van der Waals surface area (Å²) in [5.74, 6) is 0.416. The molecule has 2 aliphatic carbocycles. The fraction of sp³-hybridized carbons (Fsp3) is 0.355. The second-order valence-corrected chi connectivity index (χ2v) is 10.7. The van der Waals surface area contributed by atoms with Crippen molar-refractivity contribution < 1.29 is 23.6 Å². The van der Waals surface area contributed by atoms with Crippen LogP contribution in [0.2, 0.25) is 0 Å². The molecule has 1 N–H and O–H groups in total. The Morgan fingerprint density at radius 2 is 2.05 bits per heavy atom. The van der Waals surface area contributed by atoms with Crippen LogP contribution >= 0.6 is 0 Å². The number of aliphatic carboxylic acids is 1. The Balaban J connectivity index is 1.54. The third kappa shape index (κ3) is 5.24. The highest BCUT2D eigenvalue weighted by molar-refractivity contribution is 5.88. The van der Waals surface area contributed by atoms with Crippen molar-refractivity contribution in [3.05, 3.63) is 76.8 Å². The van der Waals surface area contributed by atoms with Gasteiger partial charge in [-0.2, -0.15) is 0 Å². The Bertz CT molecular complexity index is 1380. The summed E-state index contributed by atoms with van der Waals surface area (Å²) >= 11 is 0. The van der Waals surface area contributed by atoms with E-state index in [1.165, 1.54) is 6.07 Å². The van der Waals surface area contributed by atoms with Crippen LogP contribution in [-0.2, 0) is 4.79 Å². The molecule has 5 rings (SSSR count). The lowest BCUT2D eigenvalue weighted by Crippen LogP contribution is -2.10. The lowest BCUT2D eigenvalue weighted by atomic mass is 9.80. The summed E-state index contributed by atoms with van der Waals surface area (Å²) < 4.78 is 26.1. The van der Waals surface area contributed by atoms with Gasteiger partial charge in [-0.3, -0.25) is 4.79 Å². The van der Waals surface area contributed by atoms with Crippen LogP contribution in [0.5, 0.6) is 5.75 Å². The van der Waals surface area contributed by atoms with Crippen LogP contribution in [-0.4, -0.2) is 23.3 Å². The summed E-state index contributed by atoms with van der Waals surface area (Å²) in [5, 5.41) is 13.7. The van der Waals surface area contributed by atoms with Crippen LogP contribution in [0.15, 0.2) is 53.1 Å². The minimum absolute atomic E-state index is 0.0266. The van der Waals surface area contributed by atoms with Gasteiger partial charge >= 0.3 is 5.97 Å². The van der Waals surface area contributed by atoms with E-state index in [9.17, 15) is 14.3 Å². The van der Waals surface area contributed by atoms with Crippen LogP contribution in [0, 0.1) is 17.2 Å². The molecule has 1 fully saturated rings. The number of methoxy groups -OCH3 is 1. The summed E-state index contributed by atoms with van der Waals surface area (Å²) in [6, 6.07) is 12.6. The maximum atomic E-state index is 15.0. The van der Waals surface area contributed by atoms with E-state index in [-0.39, 0.29) is 23.6 Å². The number of hydrogen-bond acceptors (Lipinski definition) is 4. The Morgan fingerprint density at radius 1 is 1.24 bits per heavy atom. The van der Waals surface area contributed by atoms with E-state index < -0.39 is 5.97 Å². The molecular weight excluding hydrogens is 469 g/mol. The van der Waals surface area contributed by atoms with E-state index >= 15 is 0 Å². The monoisotopic (exact) mass is 501 g/mol. The number of carboxylic acid groups (broad SMARTS) is 1. The first-order valence-electron chi connectivity index (χ1n) is 12.8. The van der Waals surface area contributed by atoms with E-state index in [2.05, 4.69) is 31.1 Å². The summed E-state index contributed by atoms with van der Waals surface area (Å²) in [7, 11) is 1.55. The lowest BCUT2D eigenvalue weighted by molar-refractivity contribution is -0.137. The number of carbonyl (C=O) groups is 1. The number of benzene rings is 2. The van der Waals surface area contributed by atoms with Gasteiger partial charge in [0.1, 0.15) is 17.3 Å². The van der Waals surface area contributed by atoms with Gasteiger partial charge in [-0.25, -0.2) is 4.39 Å². The first kappa shape index (κ1) is 25.0. The second-order valence-electron chi connectivity index (χ2n) is 10.7. The van der Waals surface area contributed by atoms with E-state index in [4.69, 9.17) is 9.26 Å². The predicted molar refractivity (Wildman–Crippen MR) is 143 cm³/mol. The minimum atomic E-state index is -0.770. The molecule has 2 aliphatic rings. The predicted octanol–water partition coefficient (Wildman–Crippen LogP) is 7.83. The molecule has 0 aliphatic heterocycles. The molecule has 1 atom stereocenters. The molecule has 0 spiro atoms. The van der Waals surface area contributed by atoms with Gasteiger partial charge in [0.15, 0.2) is 5.76 Å². The van der Waals surface area contributed by atoms with Crippen molar-refractivity contribution in [2.45, 2.75) is 51.9 Å². The molecule has 6 heteroatoms. The van der Waals surface area contributed by atoms with E-state index in [1.807, 2.05) is 30.4 Å². The molecule has 192 valence electrons. The van der Waals surface area contributed by atoms with Crippen LogP contribution in [0.4, 0.5) is 4.39 Å². The first-order valence-corrected chi connectivity index (χ1v) is 12.8. The van der Waals surface area contributed by atoms with Crippen molar-refractivity contribution in [3.63, 3.8) is 0 Å². The van der Waals surface area contributed by atoms with Crippen molar-refractivity contribution in [2.75, 3.05) is 7.11 Å². The van der Waals surface area contributed by atoms with Crippen LogP contribution in [0.25, 0.3) is 29.0 Å². The number of allylic oxidation sites excluding steroid dienone is 2. The molecule has 1 saturated carbocycles. The molecule has 37 heavy (non-hydrogen) atoms. The number of aromatic nitrogens is 1. The van der Waals surface area contributed by atoms with Crippen molar-refractivity contribution in [2.24, 2.45) is 11.3 Å². The average molecular weight is 502 g/mol. The molecule has 1 heterocycles. The van der Waals surface area contributed by atoms with Gasteiger partial charge in [0.05, 0.1) is 19.1 Å². The number of rotatable bonds is 9. The Labute approximate surface area is 216 Å². The third-order valence-corrected chi connectivity index (χ3v) is 7.61. The molecule has 2 aromatic carbocycles. The standard InChI is InChI=1S/C31H32FNO4/c1-31(2)15-5-8-25(31)29-27(37-33-30(29)24-17-22(36-3)12-13-26(24)32)14-9-19-6-4-7-21(16-19)23(18-28(34)35)20-10-11-20/h4,6-9,12-14,16-17,20,23H,5,10-11,15,18H2,1-3H3,(H,34,35)/b14-9+. The molecule has 0 radical (unpaired) electrons. The van der Waals surface area contributed by atoms with Gasteiger partial charge in [0.2, 0.25) is 0 Å².